The molecule has 2 N–H and O–H groups in total. The van der Waals surface area contributed by atoms with E-state index in [1.807, 2.05) is 30.5 Å². The van der Waals surface area contributed by atoms with Gasteiger partial charge in [0.15, 0.2) is 11.6 Å². The molecule has 6 heteroatoms. The van der Waals surface area contributed by atoms with E-state index in [1.54, 1.807) is 12.5 Å². The second-order valence-electron chi connectivity index (χ2n) is 5.65. The van der Waals surface area contributed by atoms with Crippen LogP contribution in [0.1, 0.15) is 16.8 Å². The molecule has 0 saturated carbocycles. The van der Waals surface area contributed by atoms with Crippen LogP contribution in [0.2, 0.25) is 0 Å². The van der Waals surface area contributed by atoms with Gasteiger partial charge in [-0.05, 0) is 18.2 Å². The summed E-state index contributed by atoms with van der Waals surface area (Å²) in [4.78, 5) is 15.6. The molecule has 1 aliphatic rings. The van der Waals surface area contributed by atoms with Gasteiger partial charge in [0.1, 0.15) is 5.82 Å². The number of fused-ring (bicyclic) bond motifs is 1. The second-order valence-corrected chi connectivity index (χ2v) is 5.65. The van der Waals surface area contributed by atoms with Crippen LogP contribution in [0.3, 0.4) is 0 Å². The van der Waals surface area contributed by atoms with Crippen molar-refractivity contribution in [1.29, 1.82) is 0 Å². The Kier molecular flexibility index (Phi) is 3.51. The molecular formula is C17H17N5O. The number of anilines is 1. The Morgan fingerprint density at radius 3 is 3.00 bits per heavy atom. The molecule has 0 aromatic carbocycles. The summed E-state index contributed by atoms with van der Waals surface area (Å²) in [6.07, 6.45) is 6.15. The minimum absolute atomic E-state index is 0.600. The van der Waals surface area contributed by atoms with E-state index >= 15 is 0 Å². The first kappa shape index (κ1) is 13.9. The summed E-state index contributed by atoms with van der Waals surface area (Å²) in [5.74, 6) is 1.96. The fraction of sp³-hybridized carbons (Fsp3) is 0.235. The van der Waals surface area contributed by atoms with Crippen LogP contribution >= 0.6 is 0 Å². The SMILES string of the molecule is Nc1ncccc1CN1CCc2nc(-c3ccco3)ncc2C1. The third-order valence-electron chi connectivity index (χ3n) is 4.07. The molecule has 0 fully saturated rings. The van der Waals surface area contributed by atoms with Gasteiger partial charge in [-0.25, -0.2) is 15.0 Å². The molecule has 0 saturated heterocycles. The molecule has 3 aromatic heterocycles. The number of furan rings is 1. The number of nitrogen functional groups attached to an aromatic ring is 1. The summed E-state index contributed by atoms with van der Waals surface area (Å²) in [7, 11) is 0. The van der Waals surface area contributed by atoms with E-state index in [4.69, 9.17) is 10.2 Å². The molecule has 6 nitrogen and oxygen atoms in total. The third-order valence-corrected chi connectivity index (χ3v) is 4.07. The highest BCUT2D eigenvalue weighted by atomic mass is 16.3. The first-order valence-corrected chi connectivity index (χ1v) is 7.60. The van der Waals surface area contributed by atoms with Crippen molar-refractivity contribution in [3.63, 3.8) is 0 Å². The van der Waals surface area contributed by atoms with Crippen molar-refractivity contribution in [2.75, 3.05) is 12.3 Å². The molecule has 0 bridgehead atoms. The Balaban J connectivity index is 1.53. The Bertz CT molecular complexity index is 816. The Labute approximate surface area is 134 Å². The van der Waals surface area contributed by atoms with Crippen LogP contribution in [0.25, 0.3) is 11.6 Å². The molecule has 0 atom stereocenters. The van der Waals surface area contributed by atoms with Gasteiger partial charge in [0.05, 0.1) is 12.0 Å². The van der Waals surface area contributed by atoms with Crippen LogP contribution in [-0.4, -0.2) is 26.4 Å². The average molecular weight is 307 g/mol. The Morgan fingerprint density at radius 1 is 1.22 bits per heavy atom. The van der Waals surface area contributed by atoms with Gasteiger partial charge in [-0.15, -0.1) is 0 Å². The topological polar surface area (TPSA) is 81.1 Å². The monoisotopic (exact) mass is 307 g/mol. The van der Waals surface area contributed by atoms with Gasteiger partial charge in [-0.2, -0.15) is 0 Å². The minimum Gasteiger partial charge on any atom is -0.461 e. The highest BCUT2D eigenvalue weighted by Crippen LogP contribution is 2.23. The molecule has 4 rings (SSSR count). The number of pyridine rings is 1. The van der Waals surface area contributed by atoms with E-state index in [2.05, 4.69) is 19.9 Å². The average Bonchev–Trinajstić information content (AvgIpc) is 3.11. The lowest BCUT2D eigenvalue weighted by atomic mass is 10.1. The van der Waals surface area contributed by atoms with Crippen molar-refractivity contribution in [2.24, 2.45) is 0 Å². The standard InChI is InChI=1S/C17H17N5O/c18-16-12(3-1-6-19-16)10-22-7-5-14-13(11-22)9-20-17(21-14)15-4-2-8-23-15/h1-4,6,8-9H,5,7,10-11H2,(H2,18,19). The predicted molar refractivity (Wildman–Crippen MR) is 86.2 cm³/mol. The first-order valence-electron chi connectivity index (χ1n) is 7.60. The van der Waals surface area contributed by atoms with E-state index in [9.17, 15) is 0 Å². The van der Waals surface area contributed by atoms with Crippen molar-refractivity contribution in [2.45, 2.75) is 19.5 Å². The van der Waals surface area contributed by atoms with Gasteiger partial charge in [0.2, 0.25) is 0 Å². The maximum Gasteiger partial charge on any atom is 0.195 e. The minimum atomic E-state index is 0.600. The number of aromatic nitrogens is 3. The Morgan fingerprint density at radius 2 is 2.17 bits per heavy atom. The zero-order chi connectivity index (χ0) is 15.6. The summed E-state index contributed by atoms with van der Waals surface area (Å²) in [6.45, 7) is 2.55. The van der Waals surface area contributed by atoms with Crippen molar-refractivity contribution in [3.05, 3.63) is 59.7 Å². The lowest BCUT2D eigenvalue weighted by Crippen LogP contribution is -2.31. The molecule has 0 spiro atoms. The van der Waals surface area contributed by atoms with Crippen LogP contribution in [0.15, 0.2) is 47.3 Å². The number of rotatable bonds is 3. The Hall–Kier alpha value is -2.73. The molecule has 0 amide bonds. The molecule has 116 valence electrons. The van der Waals surface area contributed by atoms with Gasteiger partial charge in [-0.3, -0.25) is 4.90 Å². The molecule has 0 radical (unpaired) electrons. The van der Waals surface area contributed by atoms with Crippen LogP contribution in [0.4, 0.5) is 5.82 Å². The lowest BCUT2D eigenvalue weighted by molar-refractivity contribution is 0.243. The molecule has 0 unspecified atom stereocenters. The molecule has 23 heavy (non-hydrogen) atoms. The quantitative estimate of drug-likeness (QED) is 0.799. The number of nitrogens with zero attached hydrogens (tertiary/aromatic N) is 4. The number of hydrogen-bond donors (Lipinski definition) is 1. The van der Waals surface area contributed by atoms with E-state index < -0.39 is 0 Å². The summed E-state index contributed by atoms with van der Waals surface area (Å²) in [6, 6.07) is 7.66. The van der Waals surface area contributed by atoms with Crippen molar-refractivity contribution in [1.82, 2.24) is 19.9 Å². The van der Waals surface area contributed by atoms with Crippen molar-refractivity contribution >= 4 is 5.82 Å². The highest BCUT2D eigenvalue weighted by Gasteiger charge is 2.20. The third kappa shape index (κ3) is 2.80. The van der Waals surface area contributed by atoms with Crippen molar-refractivity contribution < 1.29 is 4.42 Å². The molecule has 3 aromatic rings. The lowest BCUT2D eigenvalue weighted by Gasteiger charge is -2.28. The van der Waals surface area contributed by atoms with Crippen LogP contribution in [-0.2, 0) is 19.5 Å². The number of hydrogen-bond acceptors (Lipinski definition) is 6. The summed E-state index contributed by atoms with van der Waals surface area (Å²) >= 11 is 0. The largest absolute Gasteiger partial charge is 0.461 e. The molecule has 4 heterocycles. The smallest absolute Gasteiger partial charge is 0.195 e. The second kappa shape index (κ2) is 5.81. The molecule has 1 aliphatic heterocycles. The molecule has 0 aliphatic carbocycles. The normalized spacial score (nSPS) is 14.6. The maximum atomic E-state index is 5.93. The van der Waals surface area contributed by atoms with E-state index in [-0.39, 0.29) is 0 Å². The van der Waals surface area contributed by atoms with E-state index in [0.717, 1.165) is 42.9 Å². The zero-order valence-electron chi connectivity index (χ0n) is 12.6. The summed E-state index contributed by atoms with van der Waals surface area (Å²) < 4.78 is 5.37. The van der Waals surface area contributed by atoms with Gasteiger partial charge < -0.3 is 10.2 Å². The number of nitrogens with two attached hydrogens (primary N) is 1. The fourth-order valence-electron chi connectivity index (χ4n) is 2.86. The molecular weight excluding hydrogens is 290 g/mol. The van der Waals surface area contributed by atoms with Crippen LogP contribution in [0.5, 0.6) is 0 Å². The van der Waals surface area contributed by atoms with Gasteiger partial charge >= 0.3 is 0 Å². The first-order chi connectivity index (χ1) is 11.3. The van der Waals surface area contributed by atoms with E-state index in [1.165, 1.54) is 0 Å². The predicted octanol–water partition coefficient (Wildman–Crippen LogP) is 2.27. The van der Waals surface area contributed by atoms with Crippen LogP contribution < -0.4 is 5.73 Å². The summed E-state index contributed by atoms with van der Waals surface area (Å²) in [5.41, 5.74) is 9.25. The van der Waals surface area contributed by atoms with Crippen LogP contribution in [0, 0.1) is 0 Å². The highest BCUT2D eigenvalue weighted by molar-refractivity contribution is 5.47. The maximum absolute atomic E-state index is 5.93. The zero-order valence-corrected chi connectivity index (χ0v) is 12.6. The van der Waals surface area contributed by atoms with Crippen molar-refractivity contribution in [3.8, 4) is 11.6 Å². The van der Waals surface area contributed by atoms with Gasteiger partial charge in [0.25, 0.3) is 0 Å². The van der Waals surface area contributed by atoms with E-state index in [0.29, 0.717) is 17.4 Å². The van der Waals surface area contributed by atoms with Gasteiger partial charge in [-0.1, -0.05) is 6.07 Å². The fourth-order valence-corrected chi connectivity index (χ4v) is 2.86. The summed E-state index contributed by atoms with van der Waals surface area (Å²) in [5, 5.41) is 0. The van der Waals surface area contributed by atoms with Gasteiger partial charge in [0, 0.05) is 49.6 Å².